The van der Waals surface area contributed by atoms with Gasteiger partial charge in [0.2, 0.25) is 0 Å². The molecule has 0 spiro atoms. The SMILES string of the molecule is COC(=O)OCC1=C2C(=O)NC(COC(=O)OC)=C2C(=O)N1. The van der Waals surface area contributed by atoms with Gasteiger partial charge in [0.05, 0.1) is 36.8 Å². The molecule has 0 saturated carbocycles. The molecule has 10 heteroatoms. The first kappa shape index (κ1) is 15.4. The van der Waals surface area contributed by atoms with E-state index in [1.165, 1.54) is 0 Å². The summed E-state index contributed by atoms with van der Waals surface area (Å²) in [5, 5.41) is 4.83. The zero-order valence-electron chi connectivity index (χ0n) is 11.7. The van der Waals surface area contributed by atoms with Crippen molar-refractivity contribution in [2.75, 3.05) is 27.4 Å². The van der Waals surface area contributed by atoms with Crippen LogP contribution in [0.15, 0.2) is 22.5 Å². The van der Waals surface area contributed by atoms with Crippen LogP contribution >= 0.6 is 0 Å². The van der Waals surface area contributed by atoms with E-state index < -0.39 is 24.1 Å². The van der Waals surface area contributed by atoms with E-state index in [4.69, 9.17) is 0 Å². The van der Waals surface area contributed by atoms with Gasteiger partial charge in [-0.05, 0) is 0 Å². The molecule has 118 valence electrons. The van der Waals surface area contributed by atoms with Crippen molar-refractivity contribution in [3.63, 3.8) is 0 Å². The van der Waals surface area contributed by atoms with E-state index in [0.717, 1.165) is 14.2 Å². The van der Waals surface area contributed by atoms with Gasteiger partial charge in [0.25, 0.3) is 11.8 Å². The lowest BCUT2D eigenvalue weighted by molar-refractivity contribution is -0.117. The van der Waals surface area contributed by atoms with Crippen LogP contribution in [0.2, 0.25) is 0 Å². The van der Waals surface area contributed by atoms with Gasteiger partial charge in [-0.3, -0.25) is 9.59 Å². The second kappa shape index (κ2) is 6.16. The number of ether oxygens (including phenoxy) is 4. The molecule has 0 aromatic rings. The minimum absolute atomic E-state index is 0.0392. The quantitative estimate of drug-likeness (QED) is 0.653. The average Bonchev–Trinajstić information content (AvgIpc) is 3.01. The summed E-state index contributed by atoms with van der Waals surface area (Å²) < 4.78 is 18.0. The Hall–Kier alpha value is -3.04. The van der Waals surface area contributed by atoms with Gasteiger partial charge in [0.15, 0.2) is 0 Å². The number of hydrogen-bond donors (Lipinski definition) is 2. The Kier molecular flexibility index (Phi) is 4.30. The summed E-state index contributed by atoms with van der Waals surface area (Å²) in [6.45, 7) is -0.675. The summed E-state index contributed by atoms with van der Waals surface area (Å²) in [7, 11) is 2.26. The Morgan fingerprint density at radius 2 is 1.18 bits per heavy atom. The van der Waals surface area contributed by atoms with Crippen LogP contribution in [-0.4, -0.2) is 51.6 Å². The highest BCUT2D eigenvalue weighted by Gasteiger charge is 2.40. The van der Waals surface area contributed by atoms with Crippen LogP contribution in [0.1, 0.15) is 0 Å². The number of hydrogen-bond acceptors (Lipinski definition) is 8. The number of rotatable bonds is 4. The molecule has 2 N–H and O–H groups in total. The minimum Gasteiger partial charge on any atom is -0.438 e. The van der Waals surface area contributed by atoms with Crippen LogP contribution < -0.4 is 10.6 Å². The molecule has 2 aliphatic heterocycles. The molecule has 0 aliphatic carbocycles. The number of amides is 2. The van der Waals surface area contributed by atoms with Crippen molar-refractivity contribution in [2.45, 2.75) is 0 Å². The van der Waals surface area contributed by atoms with E-state index in [-0.39, 0.29) is 35.8 Å². The van der Waals surface area contributed by atoms with Gasteiger partial charge in [-0.15, -0.1) is 0 Å². The molecule has 2 aliphatic rings. The van der Waals surface area contributed by atoms with Crippen molar-refractivity contribution in [3.8, 4) is 0 Å². The van der Waals surface area contributed by atoms with Crippen molar-refractivity contribution < 1.29 is 38.1 Å². The van der Waals surface area contributed by atoms with Crippen LogP contribution in [0, 0.1) is 0 Å². The second-order valence-corrected chi connectivity index (χ2v) is 4.10. The maximum atomic E-state index is 11.9. The third-order valence-electron chi connectivity index (χ3n) is 2.84. The molecule has 0 aromatic carbocycles. The van der Waals surface area contributed by atoms with Crippen LogP contribution in [0.5, 0.6) is 0 Å². The summed E-state index contributed by atoms with van der Waals surface area (Å²) in [6.07, 6.45) is -1.90. The van der Waals surface area contributed by atoms with E-state index in [9.17, 15) is 19.2 Å². The van der Waals surface area contributed by atoms with E-state index in [1.807, 2.05) is 0 Å². The Morgan fingerprint density at radius 3 is 1.50 bits per heavy atom. The smallest absolute Gasteiger partial charge is 0.438 e. The predicted octanol–water partition coefficient (Wildman–Crippen LogP) is -0.680. The van der Waals surface area contributed by atoms with Crippen LogP contribution in [0.4, 0.5) is 9.59 Å². The Morgan fingerprint density at radius 1 is 0.818 bits per heavy atom. The highest BCUT2D eigenvalue weighted by Crippen LogP contribution is 2.29. The van der Waals surface area contributed by atoms with Gasteiger partial charge in [-0.2, -0.15) is 0 Å². The molecular formula is C12H12N2O8. The number of nitrogens with one attached hydrogen (secondary N) is 2. The summed E-state index contributed by atoms with van der Waals surface area (Å²) in [5.41, 5.74) is 0.321. The average molecular weight is 312 g/mol. The van der Waals surface area contributed by atoms with Gasteiger partial charge in [-0.1, -0.05) is 0 Å². The molecule has 2 rings (SSSR count). The molecule has 0 saturated heterocycles. The molecule has 0 aromatic heterocycles. The molecule has 0 bridgehead atoms. The van der Waals surface area contributed by atoms with Crippen molar-refractivity contribution in [2.24, 2.45) is 0 Å². The lowest BCUT2D eigenvalue weighted by Gasteiger charge is -2.07. The van der Waals surface area contributed by atoms with E-state index >= 15 is 0 Å². The standard InChI is InChI=1S/C12H12N2O8/c1-19-11(17)21-3-5-7-8(10(16)13-5)6(14-9(7)15)4-22-12(18)20-2/h3-4H2,1-2H3,(H,13,16)(H,14,15). The molecule has 0 radical (unpaired) electrons. The van der Waals surface area contributed by atoms with Gasteiger partial charge in [0, 0.05) is 0 Å². The first-order valence-electron chi connectivity index (χ1n) is 5.98. The molecule has 22 heavy (non-hydrogen) atoms. The fourth-order valence-electron chi connectivity index (χ4n) is 1.92. The third-order valence-corrected chi connectivity index (χ3v) is 2.84. The fraction of sp³-hybridized carbons (Fsp3) is 0.333. The van der Waals surface area contributed by atoms with Crippen LogP contribution in [-0.2, 0) is 28.5 Å². The summed E-state index contributed by atoms with van der Waals surface area (Å²) >= 11 is 0. The molecule has 2 heterocycles. The molecule has 2 amide bonds. The highest BCUT2D eigenvalue weighted by atomic mass is 16.7. The topological polar surface area (TPSA) is 129 Å². The molecule has 10 nitrogen and oxygen atoms in total. The lowest BCUT2D eigenvalue weighted by Crippen LogP contribution is -2.26. The number of carbonyl (C=O) groups is 4. The Labute approximate surface area is 124 Å². The summed E-state index contributed by atoms with van der Waals surface area (Å²) in [5.74, 6) is -1.14. The fourth-order valence-corrected chi connectivity index (χ4v) is 1.92. The van der Waals surface area contributed by atoms with Gasteiger partial charge < -0.3 is 29.6 Å². The van der Waals surface area contributed by atoms with E-state index in [1.54, 1.807) is 0 Å². The normalized spacial score (nSPS) is 16.1. The largest absolute Gasteiger partial charge is 0.508 e. The van der Waals surface area contributed by atoms with Crippen molar-refractivity contribution in [1.29, 1.82) is 0 Å². The lowest BCUT2D eigenvalue weighted by atomic mass is 10.1. The predicted molar refractivity (Wildman–Crippen MR) is 67.1 cm³/mol. The maximum Gasteiger partial charge on any atom is 0.508 e. The Balaban J connectivity index is 2.18. The zero-order valence-corrected chi connectivity index (χ0v) is 11.7. The highest BCUT2D eigenvalue weighted by molar-refractivity contribution is 6.19. The van der Waals surface area contributed by atoms with Crippen molar-refractivity contribution >= 4 is 24.1 Å². The first-order valence-corrected chi connectivity index (χ1v) is 5.98. The number of carbonyl (C=O) groups excluding carboxylic acids is 4. The van der Waals surface area contributed by atoms with Crippen molar-refractivity contribution in [1.82, 2.24) is 10.6 Å². The minimum atomic E-state index is -0.951. The van der Waals surface area contributed by atoms with Gasteiger partial charge in [0.1, 0.15) is 13.2 Å². The number of methoxy groups -OCH3 is 2. The molecule has 0 unspecified atom stereocenters. The third kappa shape index (κ3) is 2.85. The first-order chi connectivity index (χ1) is 10.5. The zero-order chi connectivity index (χ0) is 16.3. The van der Waals surface area contributed by atoms with Gasteiger partial charge >= 0.3 is 12.3 Å². The van der Waals surface area contributed by atoms with E-state index in [0.29, 0.717) is 0 Å². The summed E-state index contributed by atoms with van der Waals surface area (Å²) in [6, 6.07) is 0. The van der Waals surface area contributed by atoms with Crippen molar-refractivity contribution in [3.05, 3.63) is 22.5 Å². The van der Waals surface area contributed by atoms with E-state index in [2.05, 4.69) is 29.6 Å². The monoisotopic (exact) mass is 312 g/mol. The van der Waals surface area contributed by atoms with Gasteiger partial charge in [-0.25, -0.2) is 9.59 Å². The molecule has 0 fully saturated rings. The maximum absolute atomic E-state index is 11.9. The second-order valence-electron chi connectivity index (χ2n) is 4.10. The molecule has 0 atom stereocenters. The Bertz CT molecular complexity index is 565. The number of fused-ring (bicyclic) bond motifs is 1. The summed E-state index contributed by atoms with van der Waals surface area (Å²) in [4.78, 5) is 45.7. The molecular weight excluding hydrogens is 300 g/mol. The van der Waals surface area contributed by atoms with Crippen LogP contribution in [0.3, 0.4) is 0 Å². The van der Waals surface area contributed by atoms with Crippen LogP contribution in [0.25, 0.3) is 0 Å².